The molecule has 0 N–H and O–H groups in total. The number of amidine groups is 1. The first-order valence-electron chi connectivity index (χ1n) is 9.98. The predicted octanol–water partition coefficient (Wildman–Crippen LogP) is 4.40. The molecule has 4 rings (SSSR count). The van der Waals surface area contributed by atoms with Gasteiger partial charge in [0, 0.05) is 10.9 Å². The fraction of sp³-hybridized carbons (Fsp3) is 0.333. The first-order chi connectivity index (χ1) is 16.2. The van der Waals surface area contributed by atoms with Gasteiger partial charge in [0.25, 0.3) is 5.91 Å². The van der Waals surface area contributed by atoms with Gasteiger partial charge in [-0.15, -0.1) is 0 Å². The maximum absolute atomic E-state index is 13.4. The molecule has 2 aliphatic rings. The number of halogens is 6. The zero-order valence-corrected chi connectivity index (χ0v) is 19.1. The second-order valence-corrected chi connectivity index (χ2v) is 11.2. The predicted molar refractivity (Wildman–Crippen MR) is 117 cm³/mol. The SMILES string of the molecule is O=C(COc1ccccc1)N=C1S[C@@H]2CS(=O)(=O)C[C@H]2N1c1cc(C(F)(F)F)cc(C(F)(F)F)c1. The van der Waals surface area contributed by atoms with Crippen LogP contribution >= 0.6 is 11.8 Å². The molecule has 2 fully saturated rings. The van der Waals surface area contributed by atoms with Crippen molar-refractivity contribution in [1.29, 1.82) is 0 Å². The summed E-state index contributed by atoms with van der Waals surface area (Å²) >= 11 is 0.821. The van der Waals surface area contributed by atoms with Gasteiger partial charge in [0.2, 0.25) is 0 Å². The number of alkyl halides is 6. The Hall–Kier alpha value is -2.74. The molecule has 2 aliphatic heterocycles. The molecule has 2 saturated heterocycles. The van der Waals surface area contributed by atoms with Crippen molar-refractivity contribution < 1.29 is 44.3 Å². The van der Waals surface area contributed by atoms with Gasteiger partial charge in [0.15, 0.2) is 21.6 Å². The first kappa shape index (κ1) is 25.4. The van der Waals surface area contributed by atoms with E-state index in [2.05, 4.69) is 4.99 Å². The second kappa shape index (κ2) is 9.04. The number of carbonyl (C=O) groups is 1. The number of sulfone groups is 1. The summed E-state index contributed by atoms with van der Waals surface area (Å²) in [5.74, 6) is -1.34. The van der Waals surface area contributed by atoms with E-state index in [-0.39, 0.29) is 17.0 Å². The molecule has 0 unspecified atom stereocenters. The molecule has 2 heterocycles. The van der Waals surface area contributed by atoms with Crippen molar-refractivity contribution in [3.63, 3.8) is 0 Å². The van der Waals surface area contributed by atoms with Crippen molar-refractivity contribution in [1.82, 2.24) is 0 Å². The largest absolute Gasteiger partial charge is 0.484 e. The highest BCUT2D eigenvalue weighted by Crippen LogP contribution is 2.44. The third-order valence-corrected chi connectivity index (χ3v) is 8.45. The number of hydrogen-bond acceptors (Lipinski definition) is 5. The van der Waals surface area contributed by atoms with Crippen LogP contribution in [-0.2, 0) is 27.0 Å². The van der Waals surface area contributed by atoms with Crippen molar-refractivity contribution in [2.24, 2.45) is 4.99 Å². The number of anilines is 1. The lowest BCUT2D eigenvalue weighted by Gasteiger charge is -2.26. The number of carbonyl (C=O) groups excluding carboxylic acids is 1. The standard InChI is InChI=1S/C21H16F6N2O4S2/c22-20(23,24)12-6-13(21(25,26)27)8-14(7-12)29-16-10-35(31,32)11-17(16)34-19(29)28-18(30)9-33-15-4-2-1-3-5-15/h1-8,16-17H,9-11H2/t16-,17-/m1/s1. The second-order valence-electron chi connectivity index (χ2n) is 7.82. The van der Waals surface area contributed by atoms with Crippen LogP contribution in [-0.4, -0.2) is 48.9 Å². The van der Waals surface area contributed by atoms with Gasteiger partial charge in [-0.05, 0) is 30.3 Å². The first-order valence-corrected chi connectivity index (χ1v) is 12.7. The Kier molecular flexibility index (Phi) is 6.55. The zero-order chi connectivity index (χ0) is 25.6. The summed E-state index contributed by atoms with van der Waals surface area (Å²) in [6.07, 6.45) is -10.2. The number of rotatable bonds is 4. The Bertz CT molecular complexity index is 1230. The van der Waals surface area contributed by atoms with Crippen LogP contribution in [0.2, 0.25) is 0 Å². The van der Waals surface area contributed by atoms with E-state index in [1.165, 1.54) is 0 Å². The zero-order valence-electron chi connectivity index (χ0n) is 17.5. The quantitative estimate of drug-likeness (QED) is 0.538. The Morgan fingerprint density at radius 3 is 2.17 bits per heavy atom. The molecular formula is C21H16F6N2O4S2. The molecule has 0 spiro atoms. The minimum Gasteiger partial charge on any atom is -0.484 e. The normalized spacial score (nSPS) is 22.9. The fourth-order valence-electron chi connectivity index (χ4n) is 3.74. The highest BCUT2D eigenvalue weighted by Gasteiger charge is 2.50. The van der Waals surface area contributed by atoms with E-state index in [4.69, 9.17) is 4.74 Å². The van der Waals surface area contributed by atoms with E-state index >= 15 is 0 Å². The molecular weight excluding hydrogens is 522 g/mol. The lowest BCUT2D eigenvalue weighted by Crippen LogP contribution is -2.38. The van der Waals surface area contributed by atoms with Crippen molar-refractivity contribution in [3.05, 3.63) is 59.7 Å². The van der Waals surface area contributed by atoms with Gasteiger partial charge in [0.05, 0.1) is 28.7 Å². The summed E-state index contributed by atoms with van der Waals surface area (Å²) in [5.41, 5.74) is -3.68. The highest BCUT2D eigenvalue weighted by molar-refractivity contribution is 8.16. The smallest absolute Gasteiger partial charge is 0.416 e. The van der Waals surface area contributed by atoms with E-state index in [1.807, 2.05) is 0 Å². The van der Waals surface area contributed by atoms with Crippen LogP contribution in [0.15, 0.2) is 53.5 Å². The van der Waals surface area contributed by atoms with Crippen molar-refractivity contribution in [2.75, 3.05) is 23.0 Å². The Morgan fingerprint density at radius 1 is 1.00 bits per heavy atom. The molecule has 0 aromatic heterocycles. The summed E-state index contributed by atoms with van der Waals surface area (Å²) in [6, 6.07) is 8.16. The molecule has 35 heavy (non-hydrogen) atoms. The van der Waals surface area contributed by atoms with Crippen LogP contribution < -0.4 is 9.64 Å². The van der Waals surface area contributed by atoms with E-state index in [0.29, 0.717) is 17.9 Å². The molecule has 2 atom stereocenters. The number of aliphatic imine (C=N–C) groups is 1. The summed E-state index contributed by atoms with van der Waals surface area (Å²) in [4.78, 5) is 17.2. The minimum absolute atomic E-state index is 0.0226. The third-order valence-electron chi connectivity index (χ3n) is 5.24. The number of fused-ring (bicyclic) bond motifs is 1. The molecule has 0 radical (unpaired) electrons. The van der Waals surface area contributed by atoms with Gasteiger partial charge in [-0.1, -0.05) is 30.0 Å². The molecule has 0 bridgehead atoms. The van der Waals surface area contributed by atoms with Crippen LogP contribution in [0.5, 0.6) is 5.75 Å². The number of hydrogen-bond donors (Lipinski definition) is 0. The topological polar surface area (TPSA) is 76.0 Å². The van der Waals surface area contributed by atoms with Gasteiger partial charge in [0.1, 0.15) is 5.75 Å². The molecule has 0 aliphatic carbocycles. The van der Waals surface area contributed by atoms with Crippen LogP contribution in [0.4, 0.5) is 32.0 Å². The molecule has 188 valence electrons. The van der Waals surface area contributed by atoms with Gasteiger partial charge in [-0.3, -0.25) is 4.79 Å². The van der Waals surface area contributed by atoms with Gasteiger partial charge in [-0.25, -0.2) is 8.42 Å². The van der Waals surface area contributed by atoms with Crippen LogP contribution in [0.3, 0.4) is 0 Å². The van der Waals surface area contributed by atoms with Gasteiger partial charge < -0.3 is 9.64 Å². The summed E-state index contributed by atoms with van der Waals surface area (Å²) in [7, 11) is -3.59. The lowest BCUT2D eigenvalue weighted by molar-refractivity contribution is -0.143. The number of thioether (sulfide) groups is 1. The van der Waals surface area contributed by atoms with E-state index < -0.39 is 68.6 Å². The summed E-state index contributed by atoms with van der Waals surface area (Å²) < 4.78 is 110. The lowest BCUT2D eigenvalue weighted by atomic mass is 10.1. The third kappa shape index (κ3) is 5.74. The Morgan fingerprint density at radius 2 is 1.60 bits per heavy atom. The van der Waals surface area contributed by atoms with Gasteiger partial charge in [-0.2, -0.15) is 31.3 Å². The molecule has 2 aromatic carbocycles. The van der Waals surface area contributed by atoms with Gasteiger partial charge >= 0.3 is 12.4 Å². The van der Waals surface area contributed by atoms with Crippen LogP contribution in [0, 0.1) is 0 Å². The average molecular weight is 538 g/mol. The number of nitrogens with zero attached hydrogens (tertiary/aromatic N) is 2. The Balaban J connectivity index is 1.72. The van der Waals surface area contributed by atoms with Crippen molar-refractivity contribution in [3.8, 4) is 5.75 Å². The van der Waals surface area contributed by atoms with Crippen molar-refractivity contribution in [2.45, 2.75) is 23.6 Å². The van der Waals surface area contributed by atoms with E-state index in [1.54, 1.807) is 30.3 Å². The monoisotopic (exact) mass is 538 g/mol. The summed E-state index contributed by atoms with van der Waals surface area (Å²) in [6.45, 7) is -0.536. The van der Waals surface area contributed by atoms with E-state index in [0.717, 1.165) is 16.7 Å². The summed E-state index contributed by atoms with van der Waals surface area (Å²) in [5, 5.41) is -0.908. The Labute approximate surface area is 199 Å². The fourth-order valence-corrected chi connectivity index (χ4v) is 7.68. The molecule has 6 nitrogen and oxygen atoms in total. The van der Waals surface area contributed by atoms with Crippen molar-refractivity contribution >= 4 is 38.4 Å². The molecule has 1 amide bonds. The molecule has 0 saturated carbocycles. The molecule has 2 aromatic rings. The maximum Gasteiger partial charge on any atom is 0.416 e. The number of amides is 1. The average Bonchev–Trinajstić information content (AvgIpc) is 3.22. The van der Waals surface area contributed by atoms with Crippen LogP contribution in [0.25, 0.3) is 0 Å². The van der Waals surface area contributed by atoms with Crippen LogP contribution in [0.1, 0.15) is 11.1 Å². The maximum atomic E-state index is 13.4. The number of para-hydroxylation sites is 1. The number of benzene rings is 2. The minimum atomic E-state index is -5.10. The molecule has 14 heteroatoms. The number of ether oxygens (including phenoxy) is 1. The van der Waals surface area contributed by atoms with E-state index in [9.17, 15) is 39.6 Å². The highest BCUT2D eigenvalue weighted by atomic mass is 32.2.